The molecule has 4 nitrogen and oxygen atoms in total. The lowest BCUT2D eigenvalue weighted by molar-refractivity contribution is 0.0945. The zero-order valence-electron chi connectivity index (χ0n) is 10.8. The van der Waals surface area contributed by atoms with E-state index in [2.05, 4.69) is 21.4 Å². The number of hydrogen-bond acceptors (Lipinski definition) is 3. The van der Waals surface area contributed by atoms with Crippen LogP contribution in [0.15, 0.2) is 18.7 Å². The number of aromatic nitrogens is 2. The molecule has 0 aromatic carbocycles. The number of rotatable bonds is 5. The Morgan fingerprint density at radius 3 is 2.94 bits per heavy atom. The number of nitrogens with zero attached hydrogens (tertiary/aromatic N) is 3. The Bertz CT molecular complexity index is 309. The van der Waals surface area contributed by atoms with Gasteiger partial charge in [-0.05, 0) is 26.2 Å². The maximum absolute atomic E-state index is 5.87. The first-order valence-electron chi connectivity index (χ1n) is 6.73. The maximum Gasteiger partial charge on any atom is 0.0945 e. The number of hydrogen-bond donors (Lipinski definition) is 1. The van der Waals surface area contributed by atoms with Gasteiger partial charge in [-0.1, -0.05) is 6.42 Å². The Balaban J connectivity index is 1.79. The molecule has 0 amide bonds. The highest BCUT2D eigenvalue weighted by Crippen LogP contribution is 2.22. The molecule has 1 aliphatic rings. The summed E-state index contributed by atoms with van der Waals surface area (Å²) in [5, 5.41) is 0. The van der Waals surface area contributed by atoms with E-state index in [9.17, 15) is 0 Å². The lowest BCUT2D eigenvalue weighted by atomic mass is 9.96. The third-order valence-corrected chi connectivity index (χ3v) is 3.86. The van der Waals surface area contributed by atoms with Crippen LogP contribution in [0.1, 0.15) is 32.6 Å². The fourth-order valence-corrected chi connectivity index (χ4v) is 2.85. The van der Waals surface area contributed by atoms with Crippen LogP contribution in [0.5, 0.6) is 0 Å². The SMILES string of the molecule is CC1CCCC(CN)N1CCCn1ccnc1. The average molecular weight is 236 g/mol. The summed E-state index contributed by atoms with van der Waals surface area (Å²) >= 11 is 0. The molecular weight excluding hydrogens is 212 g/mol. The lowest BCUT2D eigenvalue weighted by Gasteiger charge is -2.40. The van der Waals surface area contributed by atoms with E-state index in [0.717, 1.165) is 19.6 Å². The van der Waals surface area contributed by atoms with Crippen LogP contribution in [0.2, 0.25) is 0 Å². The Labute approximate surface area is 104 Å². The molecule has 2 rings (SSSR count). The van der Waals surface area contributed by atoms with E-state index in [-0.39, 0.29) is 0 Å². The molecule has 4 heteroatoms. The predicted octanol–water partition coefficient (Wildman–Crippen LogP) is 1.47. The zero-order valence-corrected chi connectivity index (χ0v) is 10.8. The lowest BCUT2D eigenvalue weighted by Crippen LogP contribution is -2.49. The van der Waals surface area contributed by atoms with Crippen LogP contribution in [-0.2, 0) is 6.54 Å². The van der Waals surface area contributed by atoms with Crippen molar-refractivity contribution in [3.05, 3.63) is 18.7 Å². The molecular formula is C13H24N4. The normalized spacial score (nSPS) is 26.2. The summed E-state index contributed by atoms with van der Waals surface area (Å²) in [6.07, 6.45) is 10.9. The molecule has 2 N–H and O–H groups in total. The van der Waals surface area contributed by atoms with Crippen LogP contribution < -0.4 is 5.73 Å². The van der Waals surface area contributed by atoms with Crippen molar-refractivity contribution < 1.29 is 0 Å². The van der Waals surface area contributed by atoms with Crippen molar-refractivity contribution in [1.82, 2.24) is 14.5 Å². The first kappa shape index (κ1) is 12.6. The van der Waals surface area contributed by atoms with Gasteiger partial charge in [-0.3, -0.25) is 4.90 Å². The summed E-state index contributed by atoms with van der Waals surface area (Å²) in [7, 11) is 0. The van der Waals surface area contributed by atoms with Gasteiger partial charge in [-0.15, -0.1) is 0 Å². The smallest absolute Gasteiger partial charge is 0.0945 e. The van der Waals surface area contributed by atoms with Crippen LogP contribution in [0, 0.1) is 0 Å². The standard InChI is InChI=1S/C13H24N4/c1-12-4-2-5-13(10-14)17(12)8-3-7-16-9-6-15-11-16/h6,9,11-13H,2-5,7-8,10,14H2,1H3. The fraction of sp³-hybridized carbons (Fsp3) is 0.769. The molecule has 1 aliphatic heterocycles. The van der Waals surface area contributed by atoms with Crippen molar-refractivity contribution in [2.75, 3.05) is 13.1 Å². The minimum atomic E-state index is 0.599. The van der Waals surface area contributed by atoms with E-state index >= 15 is 0 Å². The monoisotopic (exact) mass is 236 g/mol. The largest absolute Gasteiger partial charge is 0.337 e. The van der Waals surface area contributed by atoms with E-state index in [1.807, 2.05) is 18.7 Å². The highest BCUT2D eigenvalue weighted by molar-refractivity contribution is 4.83. The fourth-order valence-electron chi connectivity index (χ4n) is 2.85. The third-order valence-electron chi connectivity index (χ3n) is 3.86. The average Bonchev–Trinajstić information content (AvgIpc) is 2.84. The van der Waals surface area contributed by atoms with Crippen molar-refractivity contribution in [3.63, 3.8) is 0 Å². The summed E-state index contributed by atoms with van der Waals surface area (Å²) < 4.78 is 2.14. The van der Waals surface area contributed by atoms with Crippen molar-refractivity contribution >= 4 is 0 Å². The molecule has 2 atom stereocenters. The summed E-state index contributed by atoms with van der Waals surface area (Å²) in [6, 6.07) is 1.29. The van der Waals surface area contributed by atoms with Gasteiger partial charge in [0.25, 0.3) is 0 Å². The molecule has 1 aromatic rings. The molecule has 0 spiro atoms. The summed E-state index contributed by atoms with van der Waals surface area (Å²) in [6.45, 7) is 5.34. The van der Waals surface area contributed by atoms with Crippen molar-refractivity contribution in [2.45, 2.75) is 51.2 Å². The first-order valence-corrected chi connectivity index (χ1v) is 6.73. The van der Waals surface area contributed by atoms with Gasteiger partial charge in [0.05, 0.1) is 6.33 Å². The van der Waals surface area contributed by atoms with Gasteiger partial charge in [-0.2, -0.15) is 0 Å². The molecule has 0 saturated carbocycles. The summed E-state index contributed by atoms with van der Waals surface area (Å²) in [4.78, 5) is 6.66. The molecule has 2 heterocycles. The van der Waals surface area contributed by atoms with Gasteiger partial charge >= 0.3 is 0 Å². The highest BCUT2D eigenvalue weighted by Gasteiger charge is 2.25. The Hall–Kier alpha value is -0.870. The first-order chi connectivity index (χ1) is 8.31. The molecule has 1 saturated heterocycles. The van der Waals surface area contributed by atoms with Crippen LogP contribution in [0.3, 0.4) is 0 Å². The van der Waals surface area contributed by atoms with Crippen LogP contribution in [0.4, 0.5) is 0 Å². The van der Waals surface area contributed by atoms with Gasteiger partial charge < -0.3 is 10.3 Å². The molecule has 0 bridgehead atoms. The molecule has 0 radical (unpaired) electrons. The second kappa shape index (κ2) is 6.17. The number of piperidine rings is 1. The number of nitrogens with two attached hydrogens (primary N) is 1. The molecule has 1 fully saturated rings. The molecule has 2 unspecified atom stereocenters. The predicted molar refractivity (Wildman–Crippen MR) is 69.7 cm³/mol. The third kappa shape index (κ3) is 3.30. The minimum absolute atomic E-state index is 0.599. The van der Waals surface area contributed by atoms with Crippen LogP contribution in [-0.4, -0.2) is 39.6 Å². The van der Waals surface area contributed by atoms with Gasteiger partial charge in [0, 0.05) is 44.1 Å². The molecule has 17 heavy (non-hydrogen) atoms. The maximum atomic E-state index is 5.87. The summed E-state index contributed by atoms with van der Waals surface area (Å²) in [5.74, 6) is 0. The Kier molecular flexibility index (Phi) is 4.57. The van der Waals surface area contributed by atoms with Crippen molar-refractivity contribution in [3.8, 4) is 0 Å². The van der Waals surface area contributed by atoms with Gasteiger partial charge in [0.15, 0.2) is 0 Å². The van der Waals surface area contributed by atoms with E-state index in [1.165, 1.54) is 25.7 Å². The number of imidazole rings is 1. The highest BCUT2D eigenvalue weighted by atomic mass is 15.2. The van der Waals surface area contributed by atoms with E-state index in [1.54, 1.807) is 0 Å². The quantitative estimate of drug-likeness (QED) is 0.842. The van der Waals surface area contributed by atoms with Gasteiger partial charge in [0.2, 0.25) is 0 Å². The van der Waals surface area contributed by atoms with Crippen LogP contribution >= 0.6 is 0 Å². The van der Waals surface area contributed by atoms with E-state index in [0.29, 0.717) is 12.1 Å². The van der Waals surface area contributed by atoms with E-state index < -0.39 is 0 Å². The van der Waals surface area contributed by atoms with Gasteiger partial charge in [-0.25, -0.2) is 4.98 Å². The van der Waals surface area contributed by atoms with E-state index in [4.69, 9.17) is 5.73 Å². The Morgan fingerprint density at radius 1 is 1.35 bits per heavy atom. The van der Waals surface area contributed by atoms with Gasteiger partial charge in [0.1, 0.15) is 0 Å². The molecule has 0 aliphatic carbocycles. The number of likely N-dealkylation sites (tertiary alicyclic amines) is 1. The Morgan fingerprint density at radius 2 is 2.24 bits per heavy atom. The second-order valence-electron chi connectivity index (χ2n) is 5.06. The second-order valence-corrected chi connectivity index (χ2v) is 5.06. The topological polar surface area (TPSA) is 47.1 Å². The molecule has 96 valence electrons. The molecule has 1 aromatic heterocycles. The van der Waals surface area contributed by atoms with Crippen molar-refractivity contribution in [2.24, 2.45) is 5.73 Å². The number of aryl methyl sites for hydroxylation is 1. The summed E-state index contributed by atoms with van der Waals surface area (Å²) in [5.41, 5.74) is 5.87. The minimum Gasteiger partial charge on any atom is -0.337 e. The van der Waals surface area contributed by atoms with Crippen LogP contribution in [0.25, 0.3) is 0 Å². The van der Waals surface area contributed by atoms with Crippen molar-refractivity contribution in [1.29, 1.82) is 0 Å². The zero-order chi connectivity index (χ0) is 12.1.